The lowest BCUT2D eigenvalue weighted by Gasteiger charge is -2.30. The monoisotopic (exact) mass is 394 g/mol. The summed E-state index contributed by atoms with van der Waals surface area (Å²) in [6.45, 7) is 4.54. The lowest BCUT2D eigenvalue weighted by molar-refractivity contribution is -0.138. The molecule has 0 bridgehead atoms. The second-order valence-corrected chi connectivity index (χ2v) is 7.27. The van der Waals surface area contributed by atoms with Gasteiger partial charge in [-0.3, -0.25) is 14.4 Å². The molecule has 1 aliphatic carbocycles. The number of hydrogen-bond acceptors (Lipinski definition) is 5. The van der Waals surface area contributed by atoms with Crippen LogP contribution in [-0.4, -0.2) is 80.1 Å². The van der Waals surface area contributed by atoms with E-state index in [-0.39, 0.29) is 30.3 Å². The highest BCUT2D eigenvalue weighted by molar-refractivity contribution is 5.79. The molecule has 1 aromatic heterocycles. The normalized spacial score (nSPS) is 22.6. The molecule has 2 amide bonds. The van der Waals surface area contributed by atoms with Crippen LogP contribution in [0.1, 0.15) is 37.9 Å². The fourth-order valence-electron chi connectivity index (χ4n) is 3.78. The summed E-state index contributed by atoms with van der Waals surface area (Å²) in [4.78, 5) is 41.5. The Morgan fingerprint density at radius 2 is 1.75 bits per heavy atom. The van der Waals surface area contributed by atoms with E-state index in [1.54, 1.807) is 6.20 Å². The van der Waals surface area contributed by atoms with E-state index in [0.29, 0.717) is 32.7 Å². The van der Waals surface area contributed by atoms with E-state index in [2.05, 4.69) is 4.98 Å². The fraction of sp³-hybridized carbons (Fsp3) is 0.684. The van der Waals surface area contributed by atoms with Crippen LogP contribution in [0.2, 0.25) is 0 Å². The van der Waals surface area contributed by atoms with Gasteiger partial charge in [0.05, 0.1) is 6.10 Å². The highest BCUT2D eigenvalue weighted by atomic mass is 16.3. The van der Waals surface area contributed by atoms with Gasteiger partial charge < -0.3 is 24.6 Å². The number of nitrogens with zero attached hydrogens (tertiary/aromatic N) is 4. The second kappa shape index (κ2) is 10.8. The zero-order valence-electron chi connectivity index (χ0n) is 16.4. The smallest absolute Gasteiger partial charge is 0.290 e. The number of aryl methyl sites for hydroxylation is 1. The molecular formula is C19H30N4O5. The molecule has 1 aliphatic heterocycles. The maximum Gasteiger partial charge on any atom is 0.290 e. The largest absolute Gasteiger partial charge is 0.483 e. The summed E-state index contributed by atoms with van der Waals surface area (Å²) >= 11 is 0. The van der Waals surface area contributed by atoms with Gasteiger partial charge in [-0.25, -0.2) is 4.98 Å². The summed E-state index contributed by atoms with van der Waals surface area (Å²) < 4.78 is 1.85. The van der Waals surface area contributed by atoms with Gasteiger partial charge in [-0.15, -0.1) is 0 Å². The minimum Gasteiger partial charge on any atom is -0.483 e. The Kier molecular flexibility index (Phi) is 8.43. The van der Waals surface area contributed by atoms with Crippen LogP contribution < -0.4 is 0 Å². The fourth-order valence-corrected chi connectivity index (χ4v) is 3.78. The number of aliphatic hydroxyl groups is 1. The Bertz CT molecular complexity index is 655. The molecule has 3 rings (SSSR count). The number of rotatable bonds is 3. The molecule has 2 aliphatic rings. The molecule has 1 saturated carbocycles. The third-order valence-corrected chi connectivity index (χ3v) is 5.44. The standard InChI is InChI=1S/C18H28N4O3.CH2O2/c1-14-19-7-10-22(14)13-17(24)20-8-2-9-21(12-11-20)18(25)15-3-5-16(23)6-4-15;2-1-3/h7,10,15-16,23H,2-6,8-9,11-13H2,1H3;1H,(H,2,3). The van der Waals surface area contributed by atoms with Crippen molar-refractivity contribution in [3.8, 4) is 0 Å². The maximum absolute atomic E-state index is 12.7. The number of aromatic nitrogens is 2. The molecule has 2 fully saturated rings. The number of carbonyl (C=O) groups is 3. The zero-order valence-corrected chi connectivity index (χ0v) is 16.4. The topological polar surface area (TPSA) is 116 Å². The summed E-state index contributed by atoms with van der Waals surface area (Å²) in [6, 6.07) is 0. The summed E-state index contributed by atoms with van der Waals surface area (Å²) in [5, 5.41) is 16.5. The van der Waals surface area contributed by atoms with Crippen molar-refractivity contribution < 1.29 is 24.6 Å². The van der Waals surface area contributed by atoms with E-state index in [1.807, 2.05) is 27.5 Å². The van der Waals surface area contributed by atoms with Gasteiger partial charge in [0, 0.05) is 44.5 Å². The first-order valence-corrected chi connectivity index (χ1v) is 9.76. The van der Waals surface area contributed by atoms with E-state index in [4.69, 9.17) is 9.90 Å². The van der Waals surface area contributed by atoms with Gasteiger partial charge in [0.15, 0.2) is 0 Å². The molecule has 0 spiro atoms. The van der Waals surface area contributed by atoms with Crippen LogP contribution >= 0.6 is 0 Å². The third kappa shape index (κ3) is 6.05. The lowest BCUT2D eigenvalue weighted by Crippen LogP contribution is -2.41. The van der Waals surface area contributed by atoms with Crippen molar-refractivity contribution in [1.29, 1.82) is 0 Å². The van der Waals surface area contributed by atoms with Gasteiger partial charge in [0.2, 0.25) is 11.8 Å². The van der Waals surface area contributed by atoms with Crippen LogP contribution in [0.4, 0.5) is 0 Å². The molecule has 0 aromatic carbocycles. The Balaban J connectivity index is 0.000000878. The number of aliphatic hydroxyl groups excluding tert-OH is 1. The van der Waals surface area contributed by atoms with Crippen molar-refractivity contribution in [3.63, 3.8) is 0 Å². The van der Waals surface area contributed by atoms with Gasteiger partial charge in [-0.1, -0.05) is 0 Å². The molecule has 156 valence electrons. The van der Waals surface area contributed by atoms with E-state index in [1.165, 1.54) is 0 Å². The van der Waals surface area contributed by atoms with Crippen molar-refractivity contribution in [3.05, 3.63) is 18.2 Å². The Morgan fingerprint density at radius 1 is 1.14 bits per heavy atom. The van der Waals surface area contributed by atoms with Crippen LogP contribution in [0, 0.1) is 12.8 Å². The Morgan fingerprint density at radius 3 is 2.36 bits per heavy atom. The van der Waals surface area contributed by atoms with Crippen LogP contribution in [0.15, 0.2) is 12.4 Å². The third-order valence-electron chi connectivity index (χ3n) is 5.44. The summed E-state index contributed by atoms with van der Waals surface area (Å²) in [6.07, 6.45) is 7.09. The molecule has 28 heavy (non-hydrogen) atoms. The minimum absolute atomic E-state index is 0.0410. The van der Waals surface area contributed by atoms with E-state index in [9.17, 15) is 14.7 Å². The molecule has 0 unspecified atom stereocenters. The molecule has 1 saturated heterocycles. The van der Waals surface area contributed by atoms with Crippen LogP contribution in [-0.2, 0) is 20.9 Å². The first-order valence-electron chi connectivity index (χ1n) is 9.76. The number of carboxylic acid groups (broad SMARTS) is 1. The SMILES string of the molecule is Cc1nccn1CC(=O)N1CCCN(C(=O)C2CCC(O)CC2)CC1.O=CO. The maximum atomic E-state index is 12.7. The van der Waals surface area contributed by atoms with Crippen molar-refractivity contribution in [1.82, 2.24) is 19.4 Å². The van der Waals surface area contributed by atoms with Crippen molar-refractivity contribution in [2.24, 2.45) is 5.92 Å². The van der Waals surface area contributed by atoms with E-state index >= 15 is 0 Å². The van der Waals surface area contributed by atoms with Gasteiger partial charge in [0.25, 0.3) is 6.47 Å². The minimum atomic E-state index is -0.250. The highest BCUT2D eigenvalue weighted by Crippen LogP contribution is 2.26. The van der Waals surface area contributed by atoms with Gasteiger partial charge in [0.1, 0.15) is 12.4 Å². The molecule has 0 radical (unpaired) electrons. The molecule has 2 N–H and O–H groups in total. The average Bonchev–Trinajstić information content (AvgIpc) is 2.93. The summed E-state index contributed by atoms with van der Waals surface area (Å²) in [5.41, 5.74) is 0. The summed E-state index contributed by atoms with van der Waals surface area (Å²) in [5.74, 6) is 1.15. The molecule has 9 heteroatoms. The molecule has 1 aromatic rings. The van der Waals surface area contributed by atoms with Crippen LogP contribution in [0.25, 0.3) is 0 Å². The van der Waals surface area contributed by atoms with E-state index < -0.39 is 0 Å². The average molecular weight is 394 g/mol. The van der Waals surface area contributed by atoms with Crippen molar-refractivity contribution >= 4 is 18.3 Å². The lowest BCUT2D eigenvalue weighted by atomic mass is 9.86. The van der Waals surface area contributed by atoms with E-state index in [0.717, 1.165) is 37.9 Å². The van der Waals surface area contributed by atoms with Crippen molar-refractivity contribution in [2.75, 3.05) is 26.2 Å². The number of imidazole rings is 1. The van der Waals surface area contributed by atoms with Crippen molar-refractivity contribution in [2.45, 2.75) is 51.7 Å². The molecule has 0 atom stereocenters. The predicted octanol–water partition coefficient (Wildman–Crippen LogP) is 0.504. The Hall–Kier alpha value is -2.42. The van der Waals surface area contributed by atoms with Crippen LogP contribution in [0.5, 0.6) is 0 Å². The zero-order chi connectivity index (χ0) is 20.5. The van der Waals surface area contributed by atoms with Crippen LogP contribution in [0.3, 0.4) is 0 Å². The number of carbonyl (C=O) groups excluding carboxylic acids is 2. The second-order valence-electron chi connectivity index (χ2n) is 7.27. The Labute approximate surface area is 164 Å². The molecule has 2 heterocycles. The quantitative estimate of drug-likeness (QED) is 0.722. The first kappa shape index (κ1) is 21.9. The van der Waals surface area contributed by atoms with Gasteiger partial charge >= 0.3 is 0 Å². The molecule has 9 nitrogen and oxygen atoms in total. The predicted molar refractivity (Wildman–Crippen MR) is 101 cm³/mol. The number of hydrogen-bond donors (Lipinski definition) is 2. The highest BCUT2D eigenvalue weighted by Gasteiger charge is 2.30. The number of amides is 2. The molecular weight excluding hydrogens is 364 g/mol. The van der Waals surface area contributed by atoms with Gasteiger partial charge in [-0.2, -0.15) is 0 Å². The first-order chi connectivity index (χ1) is 13.5. The van der Waals surface area contributed by atoms with Gasteiger partial charge in [-0.05, 0) is 39.0 Å². The summed E-state index contributed by atoms with van der Waals surface area (Å²) in [7, 11) is 0.